The minimum Gasteiger partial charge on any atom is -0.382 e. The van der Waals surface area contributed by atoms with Gasteiger partial charge in [0, 0.05) is 12.1 Å². The van der Waals surface area contributed by atoms with Crippen molar-refractivity contribution in [2.24, 2.45) is 0 Å². The molecule has 0 aliphatic heterocycles. The molecule has 2 N–H and O–H groups in total. The zero-order valence-corrected chi connectivity index (χ0v) is 9.49. The van der Waals surface area contributed by atoms with Crippen molar-refractivity contribution < 1.29 is 18.3 Å². The molecule has 0 aromatic heterocycles. The monoisotopic (exact) mass is 227 g/mol. The Labute approximate surface area is 88.9 Å². The van der Waals surface area contributed by atoms with Gasteiger partial charge in [0.25, 0.3) is 0 Å². The minimum absolute atomic E-state index is 0.285. The first-order chi connectivity index (χ1) is 6.81. The molecular weight excluding hydrogens is 207 g/mol. The molecule has 0 fully saturated rings. The van der Waals surface area contributed by atoms with Gasteiger partial charge in [-0.1, -0.05) is 20.8 Å². The Morgan fingerprint density at radius 2 is 1.47 bits per heavy atom. The molecule has 2 nitrogen and oxygen atoms in total. The lowest BCUT2D eigenvalue weighted by Gasteiger charge is -2.33. The molecule has 0 aromatic carbocycles. The van der Waals surface area contributed by atoms with E-state index in [2.05, 4.69) is 5.32 Å². The summed E-state index contributed by atoms with van der Waals surface area (Å²) in [7, 11) is 0. The van der Waals surface area contributed by atoms with E-state index in [1.807, 2.05) is 20.8 Å². The summed E-state index contributed by atoms with van der Waals surface area (Å²) in [4.78, 5) is 0. The summed E-state index contributed by atoms with van der Waals surface area (Å²) in [6.07, 6.45) is -4.55. The molecule has 0 spiro atoms. The second kappa shape index (κ2) is 5.70. The number of aliphatic hydroxyl groups excluding tert-OH is 1. The van der Waals surface area contributed by atoms with E-state index in [0.29, 0.717) is 0 Å². The van der Waals surface area contributed by atoms with Gasteiger partial charge in [0.1, 0.15) is 0 Å². The lowest BCUT2D eigenvalue weighted by molar-refractivity contribution is -0.202. The van der Waals surface area contributed by atoms with Crippen molar-refractivity contribution in [3.05, 3.63) is 0 Å². The van der Waals surface area contributed by atoms with Gasteiger partial charge >= 0.3 is 6.18 Å². The SMILES string of the molecule is CCC(CC)(CC)NCC(O)C(F)(F)F. The van der Waals surface area contributed by atoms with Crippen molar-refractivity contribution in [2.75, 3.05) is 6.54 Å². The Morgan fingerprint density at radius 3 is 1.73 bits per heavy atom. The standard InChI is InChI=1S/C10H20F3NO/c1-4-9(5-2,6-3)14-7-8(15)10(11,12)13/h8,14-15H,4-7H2,1-3H3. The van der Waals surface area contributed by atoms with E-state index in [-0.39, 0.29) is 5.54 Å². The fourth-order valence-electron chi connectivity index (χ4n) is 1.55. The Bertz CT molecular complexity index is 170. The zero-order chi connectivity index (χ0) is 12.1. The Kier molecular flexibility index (Phi) is 5.59. The second-order valence-electron chi connectivity index (χ2n) is 3.78. The highest BCUT2D eigenvalue weighted by molar-refractivity contribution is 4.85. The highest BCUT2D eigenvalue weighted by Crippen LogP contribution is 2.22. The lowest BCUT2D eigenvalue weighted by Crippen LogP contribution is -2.49. The average Bonchev–Trinajstić information content (AvgIpc) is 2.19. The summed E-state index contributed by atoms with van der Waals surface area (Å²) in [5, 5.41) is 11.7. The van der Waals surface area contributed by atoms with E-state index in [1.165, 1.54) is 0 Å². The van der Waals surface area contributed by atoms with Gasteiger partial charge in [0.2, 0.25) is 0 Å². The van der Waals surface area contributed by atoms with Gasteiger partial charge in [0.05, 0.1) is 0 Å². The van der Waals surface area contributed by atoms with Crippen LogP contribution in [0.1, 0.15) is 40.0 Å². The second-order valence-corrected chi connectivity index (χ2v) is 3.78. The van der Waals surface area contributed by atoms with E-state index in [0.717, 1.165) is 19.3 Å². The molecule has 0 heterocycles. The number of hydrogen-bond donors (Lipinski definition) is 2. The number of rotatable bonds is 6. The molecule has 0 rings (SSSR count). The molecular formula is C10H20F3NO. The molecule has 0 radical (unpaired) electrons. The van der Waals surface area contributed by atoms with Crippen molar-refractivity contribution in [3.8, 4) is 0 Å². The molecule has 1 atom stereocenters. The molecule has 0 aliphatic rings. The van der Waals surface area contributed by atoms with Crippen LogP contribution in [0.3, 0.4) is 0 Å². The molecule has 0 aliphatic carbocycles. The van der Waals surface area contributed by atoms with Crippen LogP contribution in [0.4, 0.5) is 13.2 Å². The number of nitrogens with one attached hydrogen (secondary N) is 1. The van der Waals surface area contributed by atoms with Crippen LogP contribution in [0.5, 0.6) is 0 Å². The molecule has 92 valence electrons. The highest BCUT2D eigenvalue weighted by atomic mass is 19.4. The normalized spacial score (nSPS) is 15.4. The van der Waals surface area contributed by atoms with Crippen LogP contribution in [0.2, 0.25) is 0 Å². The van der Waals surface area contributed by atoms with Crippen molar-refractivity contribution in [1.82, 2.24) is 5.32 Å². The van der Waals surface area contributed by atoms with Gasteiger partial charge in [-0.3, -0.25) is 0 Å². The zero-order valence-electron chi connectivity index (χ0n) is 9.49. The van der Waals surface area contributed by atoms with E-state index >= 15 is 0 Å². The number of hydrogen-bond acceptors (Lipinski definition) is 2. The van der Waals surface area contributed by atoms with Gasteiger partial charge in [-0.2, -0.15) is 13.2 Å². The van der Waals surface area contributed by atoms with Crippen molar-refractivity contribution in [3.63, 3.8) is 0 Å². The smallest absolute Gasteiger partial charge is 0.382 e. The molecule has 0 saturated heterocycles. The number of alkyl halides is 3. The van der Waals surface area contributed by atoms with Crippen LogP contribution in [0.15, 0.2) is 0 Å². The van der Waals surface area contributed by atoms with E-state index < -0.39 is 18.8 Å². The minimum atomic E-state index is -4.53. The topological polar surface area (TPSA) is 32.3 Å². The van der Waals surface area contributed by atoms with Crippen LogP contribution in [-0.2, 0) is 0 Å². The maximum Gasteiger partial charge on any atom is 0.415 e. The van der Waals surface area contributed by atoms with Crippen molar-refractivity contribution >= 4 is 0 Å². The van der Waals surface area contributed by atoms with Crippen molar-refractivity contribution in [2.45, 2.75) is 57.9 Å². The number of halogens is 3. The van der Waals surface area contributed by atoms with Crippen LogP contribution >= 0.6 is 0 Å². The maximum absolute atomic E-state index is 12.0. The van der Waals surface area contributed by atoms with Crippen LogP contribution in [-0.4, -0.2) is 29.5 Å². The first-order valence-electron chi connectivity index (χ1n) is 5.31. The highest BCUT2D eigenvalue weighted by Gasteiger charge is 2.39. The molecule has 1 unspecified atom stereocenters. The number of β-amino-alcohol motifs (C(OH)–C–C–N with tert-alkyl or cyclic N) is 1. The van der Waals surface area contributed by atoms with E-state index in [9.17, 15) is 13.2 Å². The largest absolute Gasteiger partial charge is 0.415 e. The molecule has 0 amide bonds. The van der Waals surface area contributed by atoms with Crippen molar-refractivity contribution in [1.29, 1.82) is 0 Å². The van der Waals surface area contributed by atoms with E-state index in [4.69, 9.17) is 5.11 Å². The predicted molar refractivity (Wildman–Crippen MR) is 53.7 cm³/mol. The average molecular weight is 227 g/mol. The summed E-state index contributed by atoms with van der Waals surface area (Å²) in [5.74, 6) is 0. The summed E-state index contributed by atoms with van der Waals surface area (Å²) < 4.78 is 36.1. The fraction of sp³-hybridized carbons (Fsp3) is 1.00. The summed E-state index contributed by atoms with van der Waals surface area (Å²) in [6, 6.07) is 0. The number of aliphatic hydroxyl groups is 1. The molecule has 15 heavy (non-hydrogen) atoms. The first kappa shape index (κ1) is 14.7. The van der Waals surface area contributed by atoms with E-state index in [1.54, 1.807) is 0 Å². The molecule has 0 bridgehead atoms. The third-order valence-corrected chi connectivity index (χ3v) is 3.08. The Balaban J connectivity index is 4.23. The predicted octanol–water partition coefficient (Wildman–Crippen LogP) is 2.47. The summed E-state index contributed by atoms with van der Waals surface area (Å²) in [6.45, 7) is 5.36. The molecule has 0 aromatic rings. The summed E-state index contributed by atoms with van der Waals surface area (Å²) in [5.41, 5.74) is -0.285. The van der Waals surface area contributed by atoms with Crippen LogP contribution < -0.4 is 5.32 Å². The van der Waals surface area contributed by atoms with Gasteiger partial charge in [-0.15, -0.1) is 0 Å². The third kappa shape index (κ3) is 4.38. The van der Waals surface area contributed by atoms with Crippen LogP contribution in [0, 0.1) is 0 Å². The third-order valence-electron chi connectivity index (χ3n) is 3.08. The summed E-state index contributed by atoms with van der Waals surface area (Å²) >= 11 is 0. The molecule has 5 heteroatoms. The van der Waals surface area contributed by atoms with Gasteiger partial charge in [-0.05, 0) is 19.3 Å². The lowest BCUT2D eigenvalue weighted by atomic mass is 9.89. The Hall–Kier alpha value is -0.290. The van der Waals surface area contributed by atoms with Crippen LogP contribution in [0.25, 0.3) is 0 Å². The maximum atomic E-state index is 12.0. The first-order valence-corrected chi connectivity index (χ1v) is 5.31. The van der Waals surface area contributed by atoms with Gasteiger partial charge in [-0.25, -0.2) is 0 Å². The van der Waals surface area contributed by atoms with Gasteiger partial charge < -0.3 is 10.4 Å². The quantitative estimate of drug-likeness (QED) is 0.730. The fourth-order valence-corrected chi connectivity index (χ4v) is 1.55. The van der Waals surface area contributed by atoms with Gasteiger partial charge in [0.15, 0.2) is 6.10 Å². The molecule has 0 saturated carbocycles. The Morgan fingerprint density at radius 1 is 1.07 bits per heavy atom.